The van der Waals surface area contributed by atoms with Crippen LogP contribution in [0.1, 0.15) is 77.6 Å². The van der Waals surface area contributed by atoms with Gasteiger partial charge in [0.25, 0.3) is 0 Å². The third kappa shape index (κ3) is 12.4. The Morgan fingerprint density at radius 1 is 0.864 bits per heavy atom. The number of hydrogen-bond donors (Lipinski definition) is 0. The van der Waals surface area contributed by atoms with Crippen LogP contribution in [0.2, 0.25) is 0 Å². The number of carbonyl (C=O) groups is 2. The summed E-state index contributed by atoms with van der Waals surface area (Å²) in [5, 5.41) is 0. The molecule has 0 aromatic carbocycles. The molecule has 0 aromatic rings. The van der Waals surface area contributed by atoms with Gasteiger partial charge in [0.1, 0.15) is 0 Å². The Hall–Kier alpha value is -1.32. The summed E-state index contributed by atoms with van der Waals surface area (Å²) >= 11 is 0. The first kappa shape index (κ1) is 20.7. The molecule has 0 rings (SSSR count). The van der Waals surface area contributed by atoms with E-state index in [1.54, 1.807) is 0 Å². The average Bonchev–Trinajstić information content (AvgIpc) is 2.51. The maximum absolute atomic E-state index is 11.4. The van der Waals surface area contributed by atoms with Crippen LogP contribution in [0.3, 0.4) is 0 Å². The van der Waals surface area contributed by atoms with Crippen LogP contribution in [0.15, 0.2) is 12.2 Å². The van der Waals surface area contributed by atoms with Crippen molar-refractivity contribution >= 4 is 11.9 Å². The predicted octanol–water partition coefficient (Wildman–Crippen LogP) is 4.57. The van der Waals surface area contributed by atoms with Gasteiger partial charge in [-0.15, -0.1) is 0 Å². The van der Waals surface area contributed by atoms with E-state index in [1.165, 1.54) is 58.5 Å². The van der Waals surface area contributed by atoms with Crippen molar-refractivity contribution in [2.75, 3.05) is 13.7 Å². The monoisotopic (exact) mass is 312 g/mol. The molecule has 0 spiro atoms. The number of ether oxygens (including phenoxy) is 2. The fourth-order valence-electron chi connectivity index (χ4n) is 2.22. The second-order valence-electron chi connectivity index (χ2n) is 5.67. The SMILES string of the molecule is C=C(CC(=O)OCCCCCCCCCCCC)C(=O)OC. The highest BCUT2D eigenvalue weighted by Crippen LogP contribution is 2.10. The second-order valence-corrected chi connectivity index (χ2v) is 5.67. The Labute approximate surface area is 135 Å². The quantitative estimate of drug-likeness (QED) is 0.268. The van der Waals surface area contributed by atoms with Crippen LogP contribution >= 0.6 is 0 Å². The van der Waals surface area contributed by atoms with Crippen molar-refractivity contribution in [3.05, 3.63) is 12.2 Å². The smallest absolute Gasteiger partial charge is 0.333 e. The van der Waals surface area contributed by atoms with Gasteiger partial charge in [0, 0.05) is 5.57 Å². The fraction of sp³-hybridized carbons (Fsp3) is 0.778. The minimum absolute atomic E-state index is 0.0928. The van der Waals surface area contributed by atoms with E-state index in [0.717, 1.165) is 12.8 Å². The molecule has 0 radical (unpaired) electrons. The van der Waals surface area contributed by atoms with Crippen LogP contribution in [0.4, 0.5) is 0 Å². The standard InChI is InChI=1S/C18H32O4/c1-4-5-6-7-8-9-10-11-12-13-14-22-17(19)15-16(2)18(20)21-3/h2,4-15H2,1,3H3. The molecule has 22 heavy (non-hydrogen) atoms. The van der Waals surface area contributed by atoms with E-state index in [1.807, 2.05) is 0 Å². The highest BCUT2D eigenvalue weighted by Gasteiger charge is 2.12. The van der Waals surface area contributed by atoms with E-state index < -0.39 is 11.9 Å². The molecule has 0 N–H and O–H groups in total. The van der Waals surface area contributed by atoms with Gasteiger partial charge in [0.2, 0.25) is 0 Å². The number of hydrogen-bond acceptors (Lipinski definition) is 4. The summed E-state index contributed by atoms with van der Waals surface area (Å²) in [6.07, 6.45) is 12.3. The number of rotatable bonds is 14. The van der Waals surface area contributed by atoms with Gasteiger partial charge in [-0.25, -0.2) is 4.79 Å². The van der Waals surface area contributed by atoms with E-state index in [2.05, 4.69) is 18.2 Å². The molecule has 0 aliphatic rings. The lowest BCUT2D eigenvalue weighted by atomic mass is 10.1. The van der Waals surface area contributed by atoms with Crippen LogP contribution in [-0.4, -0.2) is 25.7 Å². The molecule has 0 bridgehead atoms. The zero-order chi connectivity index (χ0) is 16.6. The molecule has 0 fully saturated rings. The summed E-state index contributed by atoms with van der Waals surface area (Å²) in [5.41, 5.74) is 0.135. The fourth-order valence-corrected chi connectivity index (χ4v) is 2.22. The lowest BCUT2D eigenvalue weighted by molar-refractivity contribution is -0.145. The summed E-state index contributed by atoms with van der Waals surface area (Å²) < 4.78 is 9.55. The van der Waals surface area contributed by atoms with Crippen LogP contribution in [0, 0.1) is 0 Å². The van der Waals surface area contributed by atoms with Gasteiger partial charge < -0.3 is 9.47 Å². The molecule has 0 unspecified atom stereocenters. The minimum atomic E-state index is -0.559. The molecule has 0 saturated carbocycles. The minimum Gasteiger partial charge on any atom is -0.466 e. The number of esters is 2. The van der Waals surface area contributed by atoms with E-state index in [0.29, 0.717) is 6.61 Å². The van der Waals surface area contributed by atoms with E-state index in [9.17, 15) is 9.59 Å². The molecule has 0 heterocycles. The molecule has 0 aromatic heterocycles. The first-order valence-electron chi connectivity index (χ1n) is 8.53. The van der Waals surface area contributed by atoms with Crippen molar-refractivity contribution in [1.29, 1.82) is 0 Å². The molecule has 128 valence electrons. The first-order valence-corrected chi connectivity index (χ1v) is 8.53. The predicted molar refractivity (Wildman–Crippen MR) is 88.6 cm³/mol. The van der Waals surface area contributed by atoms with Gasteiger partial charge >= 0.3 is 11.9 Å². The van der Waals surface area contributed by atoms with Gasteiger partial charge in [0.05, 0.1) is 20.1 Å². The first-order chi connectivity index (χ1) is 10.6. The molecule has 0 aliphatic carbocycles. The second kappa shape index (κ2) is 14.6. The van der Waals surface area contributed by atoms with Gasteiger partial charge in [-0.3, -0.25) is 4.79 Å². The van der Waals surface area contributed by atoms with Gasteiger partial charge in [-0.2, -0.15) is 0 Å². The van der Waals surface area contributed by atoms with Gasteiger partial charge in [-0.1, -0.05) is 71.3 Å². The van der Waals surface area contributed by atoms with Crippen LogP contribution < -0.4 is 0 Å². The lowest BCUT2D eigenvalue weighted by Crippen LogP contribution is -2.12. The van der Waals surface area contributed by atoms with E-state index >= 15 is 0 Å². The Bertz CT molecular complexity index is 323. The Morgan fingerprint density at radius 2 is 1.36 bits per heavy atom. The number of carbonyl (C=O) groups excluding carboxylic acids is 2. The van der Waals surface area contributed by atoms with Gasteiger partial charge in [0.15, 0.2) is 0 Å². The van der Waals surface area contributed by atoms with Crippen LogP contribution in [0.25, 0.3) is 0 Å². The summed E-state index contributed by atoms with van der Waals surface area (Å²) in [6.45, 7) is 6.15. The van der Waals surface area contributed by atoms with Crippen molar-refractivity contribution in [1.82, 2.24) is 0 Å². The molecule has 0 aliphatic heterocycles. The maximum Gasteiger partial charge on any atom is 0.333 e. The van der Waals surface area contributed by atoms with Crippen molar-refractivity contribution < 1.29 is 19.1 Å². The molecule has 0 atom stereocenters. The highest BCUT2D eigenvalue weighted by molar-refractivity contribution is 5.93. The Balaban J connectivity index is 3.34. The normalized spacial score (nSPS) is 10.3. The third-order valence-electron chi connectivity index (χ3n) is 3.59. The molecule has 0 saturated heterocycles. The number of methoxy groups -OCH3 is 1. The maximum atomic E-state index is 11.4. The average molecular weight is 312 g/mol. The summed E-state index contributed by atoms with van der Waals surface area (Å²) in [4.78, 5) is 22.5. The number of unbranched alkanes of at least 4 members (excludes halogenated alkanes) is 9. The zero-order valence-electron chi connectivity index (χ0n) is 14.3. The van der Waals surface area contributed by atoms with Gasteiger partial charge in [-0.05, 0) is 6.42 Å². The van der Waals surface area contributed by atoms with Crippen LogP contribution in [-0.2, 0) is 19.1 Å². The Morgan fingerprint density at radius 3 is 1.86 bits per heavy atom. The lowest BCUT2D eigenvalue weighted by Gasteiger charge is -2.06. The molecule has 4 nitrogen and oxygen atoms in total. The van der Waals surface area contributed by atoms with Crippen molar-refractivity contribution in [3.63, 3.8) is 0 Å². The summed E-state index contributed by atoms with van der Waals surface area (Å²) in [5.74, 6) is -0.970. The van der Waals surface area contributed by atoms with Crippen LogP contribution in [0.5, 0.6) is 0 Å². The largest absolute Gasteiger partial charge is 0.466 e. The Kier molecular flexibility index (Phi) is 13.7. The third-order valence-corrected chi connectivity index (χ3v) is 3.59. The topological polar surface area (TPSA) is 52.6 Å². The zero-order valence-corrected chi connectivity index (χ0v) is 14.3. The molecule has 0 amide bonds. The molecule has 4 heteroatoms. The van der Waals surface area contributed by atoms with Crippen molar-refractivity contribution in [2.45, 2.75) is 77.6 Å². The van der Waals surface area contributed by atoms with Crippen molar-refractivity contribution in [2.24, 2.45) is 0 Å². The summed E-state index contributed by atoms with van der Waals surface area (Å²) in [7, 11) is 1.27. The van der Waals surface area contributed by atoms with E-state index in [-0.39, 0.29) is 12.0 Å². The van der Waals surface area contributed by atoms with Crippen molar-refractivity contribution in [3.8, 4) is 0 Å². The van der Waals surface area contributed by atoms with E-state index in [4.69, 9.17) is 4.74 Å². The summed E-state index contributed by atoms with van der Waals surface area (Å²) in [6, 6.07) is 0. The molecular formula is C18H32O4. The molecular weight excluding hydrogens is 280 g/mol. The highest BCUT2D eigenvalue weighted by atomic mass is 16.5.